The number of halogens is 5. The summed E-state index contributed by atoms with van der Waals surface area (Å²) in [6.45, 7) is 7.29. The third-order valence-electron chi connectivity index (χ3n) is 6.90. The van der Waals surface area contributed by atoms with E-state index in [2.05, 4.69) is 10.6 Å². The van der Waals surface area contributed by atoms with Gasteiger partial charge in [-0.1, -0.05) is 41.7 Å². The van der Waals surface area contributed by atoms with E-state index >= 15 is 0 Å². The van der Waals surface area contributed by atoms with Crippen molar-refractivity contribution in [3.8, 4) is 0 Å². The van der Waals surface area contributed by atoms with Crippen LogP contribution in [0.3, 0.4) is 0 Å². The van der Waals surface area contributed by atoms with E-state index in [1.807, 2.05) is 6.92 Å². The molecule has 0 spiro atoms. The van der Waals surface area contributed by atoms with Crippen molar-refractivity contribution in [2.75, 3.05) is 15.5 Å². The van der Waals surface area contributed by atoms with Crippen LogP contribution in [0.5, 0.6) is 0 Å². The molecule has 0 aromatic heterocycles. The summed E-state index contributed by atoms with van der Waals surface area (Å²) in [5, 5.41) is 16.3. The molecule has 4 rings (SSSR count). The zero-order valence-corrected chi connectivity index (χ0v) is 26.8. The zero-order chi connectivity index (χ0) is 31.1. The van der Waals surface area contributed by atoms with E-state index in [4.69, 9.17) is 58.0 Å². The van der Waals surface area contributed by atoms with Crippen molar-refractivity contribution in [2.24, 2.45) is 5.92 Å². The molecule has 1 aliphatic carbocycles. The number of carbonyl (C=O) groups excluding carboxylic acids is 2. The van der Waals surface area contributed by atoms with Gasteiger partial charge in [0.25, 0.3) is 5.91 Å². The number of amides is 3. The fraction of sp³-hybridized carbons (Fsp3) is 0.300. The molecule has 0 aliphatic heterocycles. The minimum Gasteiger partial charge on any atom is -0.465 e. The average Bonchev–Trinajstić information content (AvgIpc) is 3.46. The number of carbonyl (C=O) groups is 3. The van der Waals surface area contributed by atoms with Crippen molar-refractivity contribution in [1.29, 1.82) is 0 Å². The molecule has 12 heteroatoms. The maximum Gasteiger partial charge on any atom is 0.412 e. The molecule has 1 saturated carbocycles. The Hall–Kier alpha value is -2.68. The van der Waals surface area contributed by atoms with Gasteiger partial charge < -0.3 is 15.7 Å². The zero-order valence-electron chi connectivity index (χ0n) is 23.1. The van der Waals surface area contributed by atoms with Crippen molar-refractivity contribution >= 4 is 93.0 Å². The molecule has 222 valence electrons. The molecular formula is C30H28Cl5N3O4. The molecule has 3 amide bonds. The summed E-state index contributed by atoms with van der Waals surface area (Å²) in [5.41, 5.74) is 2.14. The quantitative estimate of drug-likeness (QED) is 0.218. The van der Waals surface area contributed by atoms with E-state index in [1.54, 1.807) is 63.2 Å². The summed E-state index contributed by atoms with van der Waals surface area (Å²) in [5.74, 6) is -2.27. The number of benzene rings is 3. The second kappa shape index (κ2) is 12.1. The number of aryl methyl sites for hydroxylation is 1. The number of nitrogens with one attached hydrogen (secondary N) is 2. The lowest BCUT2D eigenvalue weighted by molar-refractivity contribution is -0.117. The summed E-state index contributed by atoms with van der Waals surface area (Å²) in [6, 6.07) is 14.4. The van der Waals surface area contributed by atoms with E-state index < -0.39 is 39.6 Å². The van der Waals surface area contributed by atoms with Crippen LogP contribution in [0.15, 0.2) is 54.6 Å². The van der Waals surface area contributed by atoms with Crippen LogP contribution in [0.1, 0.15) is 55.1 Å². The van der Waals surface area contributed by atoms with Gasteiger partial charge >= 0.3 is 6.09 Å². The average molecular weight is 672 g/mol. The van der Waals surface area contributed by atoms with Crippen molar-refractivity contribution in [3.63, 3.8) is 0 Å². The fourth-order valence-corrected chi connectivity index (χ4v) is 6.50. The van der Waals surface area contributed by atoms with Crippen LogP contribution in [0.25, 0.3) is 0 Å². The highest BCUT2D eigenvalue weighted by molar-refractivity contribution is 6.53. The van der Waals surface area contributed by atoms with Gasteiger partial charge in [-0.15, -0.1) is 23.2 Å². The van der Waals surface area contributed by atoms with E-state index in [1.165, 1.54) is 17.0 Å². The Labute approximate surface area is 269 Å². The van der Waals surface area contributed by atoms with Gasteiger partial charge in [-0.3, -0.25) is 14.5 Å². The molecule has 1 fully saturated rings. The van der Waals surface area contributed by atoms with Gasteiger partial charge in [0.05, 0.1) is 16.5 Å². The molecule has 3 N–H and O–H groups in total. The summed E-state index contributed by atoms with van der Waals surface area (Å²) in [4.78, 5) is 39.7. The number of carboxylic acid groups (broad SMARTS) is 1. The molecule has 2 atom stereocenters. The monoisotopic (exact) mass is 669 g/mol. The Morgan fingerprint density at radius 1 is 0.929 bits per heavy atom. The Morgan fingerprint density at radius 3 is 2.14 bits per heavy atom. The van der Waals surface area contributed by atoms with Crippen molar-refractivity contribution in [3.05, 3.63) is 86.4 Å². The van der Waals surface area contributed by atoms with Gasteiger partial charge in [0.1, 0.15) is 4.33 Å². The summed E-state index contributed by atoms with van der Waals surface area (Å²) >= 11 is 31.5. The van der Waals surface area contributed by atoms with Gasteiger partial charge in [0.15, 0.2) is 0 Å². The first kappa shape index (κ1) is 32.2. The fourth-order valence-electron chi connectivity index (χ4n) is 4.93. The summed E-state index contributed by atoms with van der Waals surface area (Å²) in [7, 11) is 0. The maximum atomic E-state index is 13.3. The summed E-state index contributed by atoms with van der Waals surface area (Å²) < 4.78 is -1.36. The number of hydrogen-bond donors (Lipinski definition) is 3. The highest BCUT2D eigenvalue weighted by atomic mass is 35.5. The van der Waals surface area contributed by atoms with Gasteiger partial charge in [-0.25, -0.2) is 4.79 Å². The van der Waals surface area contributed by atoms with E-state index in [-0.39, 0.29) is 10.6 Å². The normalized spacial score (nSPS) is 17.4. The van der Waals surface area contributed by atoms with Gasteiger partial charge in [-0.05, 0) is 92.9 Å². The number of alkyl halides is 2. The largest absolute Gasteiger partial charge is 0.465 e. The minimum absolute atomic E-state index is 0.124. The topological polar surface area (TPSA) is 98.7 Å². The lowest BCUT2D eigenvalue weighted by atomic mass is 10.0. The molecule has 3 aromatic carbocycles. The van der Waals surface area contributed by atoms with E-state index in [0.717, 1.165) is 5.56 Å². The Morgan fingerprint density at radius 2 is 1.57 bits per heavy atom. The Kier molecular flexibility index (Phi) is 9.31. The number of hydrogen-bond acceptors (Lipinski definition) is 3. The standard InChI is InChI=1S/C30H28Cl5N3O4/c1-5-15-12-20(38(28(41)42)29(2,3)4)7-9-23(15)37-26(39)21-14-19(6-8-22(21)33)36-27(40)25-24(30(25,34)35)16-10-17(31)13-18(32)11-16/h6-14,24-25H,5H2,1-4H3,(H,36,40)(H,37,39)(H,41,42)/t24-,25+/m1/s1. The van der Waals surface area contributed by atoms with Crippen molar-refractivity contribution in [2.45, 2.75) is 49.9 Å². The van der Waals surface area contributed by atoms with E-state index in [9.17, 15) is 19.5 Å². The highest BCUT2D eigenvalue weighted by Crippen LogP contribution is 2.65. The van der Waals surface area contributed by atoms with Crippen LogP contribution < -0.4 is 15.5 Å². The van der Waals surface area contributed by atoms with Crippen LogP contribution in [-0.2, 0) is 11.2 Å². The molecule has 0 unspecified atom stereocenters. The maximum absolute atomic E-state index is 13.3. The molecule has 0 bridgehead atoms. The van der Waals surface area contributed by atoms with Crippen LogP contribution in [0.2, 0.25) is 15.1 Å². The molecule has 7 nitrogen and oxygen atoms in total. The number of nitrogens with zero attached hydrogens (tertiary/aromatic N) is 1. The van der Waals surface area contributed by atoms with Gasteiger partial charge in [-0.2, -0.15) is 0 Å². The molecule has 42 heavy (non-hydrogen) atoms. The Bertz CT molecular complexity index is 1550. The Balaban J connectivity index is 1.53. The SMILES string of the molecule is CCc1cc(N(C(=O)O)C(C)(C)C)ccc1NC(=O)c1cc(NC(=O)[C@@H]2[C@@H](c3cc(Cl)cc(Cl)c3)C2(Cl)Cl)ccc1Cl. The number of rotatable bonds is 7. The minimum atomic E-state index is -1.36. The van der Waals surface area contributed by atoms with Crippen LogP contribution in [-0.4, -0.2) is 32.9 Å². The number of anilines is 3. The molecule has 0 heterocycles. The third kappa shape index (κ3) is 6.76. The molecule has 3 aromatic rings. The smallest absolute Gasteiger partial charge is 0.412 e. The molecule has 1 aliphatic rings. The lowest BCUT2D eigenvalue weighted by Gasteiger charge is -2.33. The molecule has 0 saturated heterocycles. The van der Waals surface area contributed by atoms with Crippen molar-refractivity contribution < 1.29 is 19.5 Å². The van der Waals surface area contributed by atoms with E-state index in [0.29, 0.717) is 39.1 Å². The highest BCUT2D eigenvalue weighted by Gasteiger charge is 2.67. The molecule has 0 radical (unpaired) electrons. The molecular weight excluding hydrogens is 644 g/mol. The van der Waals surface area contributed by atoms with Gasteiger partial charge in [0.2, 0.25) is 5.91 Å². The van der Waals surface area contributed by atoms with Crippen molar-refractivity contribution in [1.82, 2.24) is 0 Å². The van der Waals surface area contributed by atoms with Crippen LogP contribution >= 0.6 is 58.0 Å². The first-order valence-electron chi connectivity index (χ1n) is 13.0. The predicted octanol–water partition coefficient (Wildman–Crippen LogP) is 9.27. The van der Waals surface area contributed by atoms with Crippen LogP contribution in [0.4, 0.5) is 21.9 Å². The first-order chi connectivity index (χ1) is 19.5. The second-order valence-electron chi connectivity index (χ2n) is 11.0. The second-order valence-corrected chi connectivity index (χ2v) is 13.7. The third-order valence-corrected chi connectivity index (χ3v) is 8.60. The lowest BCUT2D eigenvalue weighted by Crippen LogP contribution is -2.45. The van der Waals surface area contributed by atoms with Gasteiger partial charge in [0, 0.05) is 38.6 Å². The first-order valence-corrected chi connectivity index (χ1v) is 14.8. The van der Waals surface area contributed by atoms with Crippen LogP contribution in [0, 0.1) is 5.92 Å². The predicted molar refractivity (Wildman–Crippen MR) is 171 cm³/mol. The summed E-state index contributed by atoms with van der Waals surface area (Å²) in [6.07, 6.45) is -0.550.